The van der Waals surface area contributed by atoms with Crippen molar-refractivity contribution < 1.29 is 4.74 Å². The quantitative estimate of drug-likeness (QED) is 0.215. The van der Waals surface area contributed by atoms with Crippen LogP contribution in [0.3, 0.4) is 0 Å². The molecule has 0 unspecified atom stereocenters. The minimum Gasteiger partial charge on any atom is -0.457 e. The largest absolute Gasteiger partial charge is 0.457 e. The van der Waals surface area contributed by atoms with Crippen LogP contribution in [0.15, 0.2) is 146 Å². The Morgan fingerprint density at radius 2 is 0.902 bits per heavy atom. The molecule has 0 aliphatic carbocycles. The Kier molecular flexibility index (Phi) is 5.46. The van der Waals surface area contributed by atoms with Crippen molar-refractivity contribution in [2.24, 2.45) is 0 Å². The Morgan fingerprint density at radius 3 is 1.54 bits per heavy atom. The van der Waals surface area contributed by atoms with Gasteiger partial charge >= 0.3 is 0 Å². The van der Waals surface area contributed by atoms with Gasteiger partial charge in [0.2, 0.25) is 0 Å². The number of pyridine rings is 2. The third-order valence-corrected chi connectivity index (χ3v) is 7.69. The van der Waals surface area contributed by atoms with Crippen LogP contribution in [-0.4, -0.2) is 9.97 Å². The lowest BCUT2D eigenvalue weighted by atomic mass is 10.0. The third kappa shape index (κ3) is 4.25. The molecule has 0 N–H and O–H groups in total. The summed E-state index contributed by atoms with van der Waals surface area (Å²) in [5.41, 5.74) is 5.96. The van der Waals surface area contributed by atoms with Crippen molar-refractivity contribution in [1.29, 1.82) is 0 Å². The molecule has 2 aromatic heterocycles. The van der Waals surface area contributed by atoms with Gasteiger partial charge in [-0.2, -0.15) is 0 Å². The molecule has 8 aromatic rings. The van der Waals surface area contributed by atoms with Gasteiger partial charge in [0, 0.05) is 32.7 Å². The molecule has 0 aliphatic rings. The number of fused-ring (bicyclic) bond motifs is 6. The van der Waals surface area contributed by atoms with Gasteiger partial charge < -0.3 is 4.74 Å². The predicted octanol–water partition coefficient (Wildman–Crippen LogP) is 10.2. The van der Waals surface area contributed by atoms with Crippen LogP contribution in [0.4, 0.5) is 0 Å². The highest BCUT2D eigenvalue weighted by Gasteiger charge is 2.09. The molecule has 192 valence electrons. The van der Waals surface area contributed by atoms with Gasteiger partial charge in [0.25, 0.3) is 0 Å². The highest BCUT2D eigenvalue weighted by atomic mass is 16.5. The molecule has 0 spiro atoms. The van der Waals surface area contributed by atoms with Crippen LogP contribution in [0, 0.1) is 0 Å². The molecule has 0 fully saturated rings. The SMILES string of the molecule is c1cc(Oc2ccc(-c3ccc4ccc5ccccc5c4n3)cc2)cc(-c2ccc3ccc4ccccc4c3n2)c1. The van der Waals surface area contributed by atoms with Crippen molar-refractivity contribution in [3.05, 3.63) is 146 Å². The predicted molar refractivity (Wildman–Crippen MR) is 169 cm³/mol. The maximum atomic E-state index is 6.27. The summed E-state index contributed by atoms with van der Waals surface area (Å²) < 4.78 is 6.27. The number of rotatable bonds is 4. The second kappa shape index (κ2) is 9.58. The maximum Gasteiger partial charge on any atom is 0.128 e. The highest BCUT2D eigenvalue weighted by molar-refractivity contribution is 6.06. The van der Waals surface area contributed by atoms with Gasteiger partial charge in [-0.1, -0.05) is 97.1 Å². The van der Waals surface area contributed by atoms with E-state index in [0.29, 0.717) is 0 Å². The van der Waals surface area contributed by atoms with Crippen LogP contribution in [0.5, 0.6) is 11.5 Å². The smallest absolute Gasteiger partial charge is 0.128 e. The van der Waals surface area contributed by atoms with Gasteiger partial charge in [-0.15, -0.1) is 0 Å². The van der Waals surface area contributed by atoms with Gasteiger partial charge in [-0.3, -0.25) is 0 Å². The Balaban J connectivity index is 1.08. The van der Waals surface area contributed by atoms with Crippen LogP contribution >= 0.6 is 0 Å². The van der Waals surface area contributed by atoms with E-state index in [1.54, 1.807) is 0 Å². The molecule has 0 saturated carbocycles. The summed E-state index contributed by atoms with van der Waals surface area (Å²) in [5, 5.41) is 6.99. The number of aromatic nitrogens is 2. The third-order valence-electron chi connectivity index (χ3n) is 7.69. The van der Waals surface area contributed by atoms with Crippen molar-refractivity contribution in [1.82, 2.24) is 9.97 Å². The lowest BCUT2D eigenvalue weighted by Crippen LogP contribution is -1.90. The zero-order chi connectivity index (χ0) is 27.2. The number of benzene rings is 6. The van der Waals surface area contributed by atoms with Crippen LogP contribution in [-0.2, 0) is 0 Å². The number of nitrogens with zero attached hydrogens (tertiary/aromatic N) is 2. The summed E-state index contributed by atoms with van der Waals surface area (Å²) in [7, 11) is 0. The fraction of sp³-hybridized carbons (Fsp3) is 0. The zero-order valence-electron chi connectivity index (χ0n) is 22.2. The molecular formula is C38H24N2O. The second-order valence-corrected chi connectivity index (χ2v) is 10.3. The van der Waals surface area contributed by atoms with Crippen molar-refractivity contribution in [3.8, 4) is 34.0 Å². The summed E-state index contributed by atoms with van der Waals surface area (Å²) in [6, 6.07) is 50.0. The summed E-state index contributed by atoms with van der Waals surface area (Å²) >= 11 is 0. The molecule has 0 amide bonds. The normalized spacial score (nSPS) is 11.4. The van der Waals surface area contributed by atoms with Crippen LogP contribution in [0.1, 0.15) is 0 Å². The number of hydrogen-bond donors (Lipinski definition) is 0. The van der Waals surface area contributed by atoms with E-state index in [2.05, 4.69) is 115 Å². The first-order chi connectivity index (χ1) is 20.3. The Morgan fingerprint density at radius 1 is 0.366 bits per heavy atom. The lowest BCUT2D eigenvalue weighted by molar-refractivity contribution is 0.483. The van der Waals surface area contributed by atoms with E-state index in [9.17, 15) is 0 Å². The molecule has 3 nitrogen and oxygen atoms in total. The van der Waals surface area contributed by atoms with E-state index in [1.165, 1.54) is 16.2 Å². The van der Waals surface area contributed by atoms with E-state index in [-0.39, 0.29) is 0 Å². The van der Waals surface area contributed by atoms with Crippen molar-refractivity contribution in [2.75, 3.05) is 0 Å². The molecule has 0 radical (unpaired) electrons. The Labute approximate surface area is 237 Å². The summed E-state index contributed by atoms with van der Waals surface area (Å²) in [5.74, 6) is 1.54. The number of hydrogen-bond acceptors (Lipinski definition) is 3. The van der Waals surface area contributed by atoms with Crippen molar-refractivity contribution >= 4 is 43.4 Å². The second-order valence-electron chi connectivity index (χ2n) is 10.3. The standard InChI is InChI=1S/C38H24N2O/c1-3-10-33-25(6-1)12-14-28-18-22-35(39-37(28)33)27-16-20-31(21-17-27)41-32-9-5-8-30(24-32)36-23-19-29-15-13-26-7-2-4-11-34(26)38(29)40-36/h1-24H. The number of ether oxygens (including phenoxy) is 1. The molecule has 0 atom stereocenters. The van der Waals surface area contributed by atoms with Gasteiger partial charge in [-0.25, -0.2) is 9.97 Å². The van der Waals surface area contributed by atoms with E-state index in [4.69, 9.17) is 14.7 Å². The molecule has 6 aromatic carbocycles. The molecule has 8 rings (SSSR count). The van der Waals surface area contributed by atoms with E-state index in [0.717, 1.165) is 61.2 Å². The Hall–Kier alpha value is -5.54. The first kappa shape index (κ1) is 23.4. The van der Waals surface area contributed by atoms with Gasteiger partial charge in [0.05, 0.1) is 22.4 Å². The van der Waals surface area contributed by atoms with Gasteiger partial charge in [-0.05, 0) is 59.3 Å². The van der Waals surface area contributed by atoms with Crippen molar-refractivity contribution in [2.45, 2.75) is 0 Å². The van der Waals surface area contributed by atoms with E-state index < -0.39 is 0 Å². The molecule has 0 saturated heterocycles. The monoisotopic (exact) mass is 524 g/mol. The molecule has 0 bridgehead atoms. The Bertz CT molecular complexity index is 2240. The van der Waals surface area contributed by atoms with Gasteiger partial charge in [0.15, 0.2) is 0 Å². The molecule has 41 heavy (non-hydrogen) atoms. The van der Waals surface area contributed by atoms with Crippen LogP contribution in [0.2, 0.25) is 0 Å². The molecule has 0 aliphatic heterocycles. The summed E-state index contributed by atoms with van der Waals surface area (Å²) in [6.07, 6.45) is 0. The average Bonchev–Trinajstić information content (AvgIpc) is 3.04. The maximum absolute atomic E-state index is 6.27. The van der Waals surface area contributed by atoms with E-state index >= 15 is 0 Å². The first-order valence-electron chi connectivity index (χ1n) is 13.7. The molecule has 3 heteroatoms. The fourth-order valence-electron chi connectivity index (χ4n) is 5.59. The zero-order valence-corrected chi connectivity index (χ0v) is 22.2. The van der Waals surface area contributed by atoms with Crippen LogP contribution < -0.4 is 4.74 Å². The summed E-state index contributed by atoms with van der Waals surface area (Å²) in [4.78, 5) is 10.1. The fourth-order valence-corrected chi connectivity index (χ4v) is 5.59. The molecule has 2 heterocycles. The minimum absolute atomic E-state index is 0.769. The first-order valence-corrected chi connectivity index (χ1v) is 13.7. The summed E-state index contributed by atoms with van der Waals surface area (Å²) in [6.45, 7) is 0. The average molecular weight is 525 g/mol. The van der Waals surface area contributed by atoms with Crippen LogP contribution in [0.25, 0.3) is 65.9 Å². The lowest BCUT2D eigenvalue weighted by Gasteiger charge is -2.10. The highest BCUT2D eigenvalue weighted by Crippen LogP contribution is 2.32. The molecular weight excluding hydrogens is 500 g/mol. The van der Waals surface area contributed by atoms with Crippen molar-refractivity contribution in [3.63, 3.8) is 0 Å². The van der Waals surface area contributed by atoms with E-state index in [1.807, 2.05) is 30.3 Å². The topological polar surface area (TPSA) is 35.0 Å². The minimum atomic E-state index is 0.769. The van der Waals surface area contributed by atoms with Gasteiger partial charge in [0.1, 0.15) is 11.5 Å².